The van der Waals surface area contributed by atoms with Crippen molar-refractivity contribution in [1.29, 1.82) is 0 Å². The molecule has 9 nitrogen and oxygen atoms in total. The molecule has 0 saturated carbocycles. The van der Waals surface area contributed by atoms with Crippen molar-refractivity contribution in [3.63, 3.8) is 0 Å². The van der Waals surface area contributed by atoms with Gasteiger partial charge in [0.1, 0.15) is 18.8 Å². The summed E-state index contributed by atoms with van der Waals surface area (Å²) in [6.07, 6.45) is 0.00565. The van der Waals surface area contributed by atoms with E-state index in [9.17, 15) is 19.2 Å². The highest BCUT2D eigenvalue weighted by Crippen LogP contribution is 2.33. The summed E-state index contributed by atoms with van der Waals surface area (Å²) in [5.41, 5.74) is 4.44. The Bertz CT molecular complexity index is 985. The van der Waals surface area contributed by atoms with Crippen molar-refractivity contribution in [2.75, 3.05) is 6.61 Å². The van der Waals surface area contributed by atoms with E-state index in [1.807, 2.05) is 6.92 Å². The summed E-state index contributed by atoms with van der Waals surface area (Å²) in [5.74, 6) is -1.92. The third-order valence-electron chi connectivity index (χ3n) is 5.60. The zero-order valence-electron chi connectivity index (χ0n) is 23.9. The zero-order valence-corrected chi connectivity index (χ0v) is 23.9. The second kappa shape index (κ2) is 12.5. The topological polar surface area (TPSA) is 131 Å². The maximum absolute atomic E-state index is 12.5. The summed E-state index contributed by atoms with van der Waals surface area (Å²) in [5, 5.41) is 0. The number of ether oxygens (including phenoxy) is 4. The summed E-state index contributed by atoms with van der Waals surface area (Å²) in [6, 6.07) is 3.62. The van der Waals surface area contributed by atoms with E-state index < -0.39 is 46.3 Å². The van der Waals surface area contributed by atoms with Gasteiger partial charge in [0.2, 0.25) is 0 Å². The number of hydrogen-bond acceptors (Lipinski definition) is 9. The van der Waals surface area contributed by atoms with Gasteiger partial charge < -0.3 is 24.7 Å². The monoisotopic (exact) mass is 521 g/mol. The molecule has 0 aliphatic heterocycles. The lowest BCUT2D eigenvalue weighted by atomic mass is 9.91. The van der Waals surface area contributed by atoms with Crippen molar-refractivity contribution in [3.05, 3.63) is 23.8 Å². The van der Waals surface area contributed by atoms with E-state index >= 15 is 0 Å². The highest BCUT2D eigenvalue weighted by molar-refractivity contribution is 5.81. The fourth-order valence-corrected chi connectivity index (χ4v) is 2.54. The predicted molar refractivity (Wildman–Crippen MR) is 139 cm³/mol. The number of carbonyl (C=O) groups excluding carboxylic acids is 4. The molecule has 0 aliphatic rings. The molecule has 0 heterocycles. The lowest BCUT2D eigenvalue weighted by Crippen LogP contribution is -2.38. The van der Waals surface area contributed by atoms with Crippen LogP contribution in [0.25, 0.3) is 0 Å². The van der Waals surface area contributed by atoms with Gasteiger partial charge in [0.05, 0.1) is 16.2 Å². The minimum Gasteiger partial charge on any atom is -0.461 e. The van der Waals surface area contributed by atoms with Gasteiger partial charge in [-0.15, -0.1) is 0 Å². The Morgan fingerprint density at radius 3 is 1.84 bits per heavy atom. The van der Waals surface area contributed by atoms with Gasteiger partial charge in [0, 0.05) is 0 Å². The van der Waals surface area contributed by atoms with Gasteiger partial charge in [-0.1, -0.05) is 13.0 Å². The van der Waals surface area contributed by atoms with Crippen LogP contribution in [0.5, 0.6) is 11.5 Å². The molecule has 1 rings (SSSR count). The van der Waals surface area contributed by atoms with Crippen molar-refractivity contribution >= 4 is 23.9 Å². The van der Waals surface area contributed by atoms with Crippen LogP contribution in [-0.4, -0.2) is 42.6 Å². The molecule has 208 valence electrons. The lowest BCUT2D eigenvalue weighted by molar-refractivity contribution is -0.164. The van der Waals surface area contributed by atoms with E-state index in [0.717, 1.165) is 0 Å². The van der Waals surface area contributed by atoms with Crippen LogP contribution in [0.15, 0.2) is 18.2 Å². The third kappa shape index (κ3) is 10.1. The first-order valence-electron chi connectivity index (χ1n) is 12.5. The van der Waals surface area contributed by atoms with Crippen molar-refractivity contribution in [3.8, 4) is 11.5 Å². The molecule has 0 unspecified atom stereocenters. The number of carbonyl (C=O) groups is 4. The Morgan fingerprint density at radius 2 is 1.35 bits per heavy atom. The average Bonchev–Trinajstić information content (AvgIpc) is 2.77. The molecule has 9 heteroatoms. The molecular weight excluding hydrogens is 478 g/mol. The fourth-order valence-electron chi connectivity index (χ4n) is 2.54. The van der Waals surface area contributed by atoms with E-state index in [-0.39, 0.29) is 30.5 Å². The highest BCUT2D eigenvalue weighted by atomic mass is 16.6. The summed E-state index contributed by atoms with van der Waals surface area (Å²) in [4.78, 5) is 49.6. The lowest BCUT2D eigenvalue weighted by Gasteiger charge is -2.23. The van der Waals surface area contributed by atoms with E-state index in [2.05, 4.69) is 0 Å². The molecule has 0 radical (unpaired) electrons. The quantitative estimate of drug-likeness (QED) is 0.352. The molecule has 2 atom stereocenters. The van der Waals surface area contributed by atoms with Crippen LogP contribution < -0.4 is 15.2 Å². The summed E-state index contributed by atoms with van der Waals surface area (Å²) in [6.45, 7) is 17.2. The molecule has 0 bridgehead atoms. The summed E-state index contributed by atoms with van der Waals surface area (Å²) in [7, 11) is 0. The normalized spacial score (nSPS) is 13.8. The Kier molecular flexibility index (Phi) is 10.9. The van der Waals surface area contributed by atoms with E-state index in [0.29, 0.717) is 12.0 Å². The van der Waals surface area contributed by atoms with Gasteiger partial charge in [0.25, 0.3) is 0 Å². The van der Waals surface area contributed by atoms with Crippen LogP contribution in [0, 0.1) is 16.2 Å². The average molecular weight is 522 g/mol. The number of rotatable bonds is 10. The molecule has 0 fully saturated rings. The SMILES string of the molecule is CCC(C)(C)C(=O)OC[C@H](C)OC(=O)[C@@H](N)Cc1ccc(OC(=O)C(C)(C)C)c(OC(=O)C(C)(C)C)c1. The smallest absolute Gasteiger partial charge is 0.323 e. The van der Waals surface area contributed by atoms with Crippen molar-refractivity contribution in [2.45, 2.75) is 94.2 Å². The van der Waals surface area contributed by atoms with Crippen molar-refractivity contribution < 1.29 is 38.1 Å². The number of nitrogens with two attached hydrogens (primary N) is 1. The first-order chi connectivity index (χ1) is 16.8. The first-order valence-corrected chi connectivity index (χ1v) is 12.5. The van der Waals surface area contributed by atoms with Crippen LogP contribution in [-0.2, 0) is 35.1 Å². The van der Waals surface area contributed by atoms with Gasteiger partial charge in [-0.05, 0) is 92.9 Å². The number of benzene rings is 1. The van der Waals surface area contributed by atoms with E-state index in [1.54, 1.807) is 68.4 Å². The van der Waals surface area contributed by atoms with Gasteiger partial charge >= 0.3 is 23.9 Å². The largest absolute Gasteiger partial charge is 0.461 e. The van der Waals surface area contributed by atoms with E-state index in [4.69, 9.17) is 24.7 Å². The molecule has 37 heavy (non-hydrogen) atoms. The van der Waals surface area contributed by atoms with Crippen LogP contribution >= 0.6 is 0 Å². The Labute approximate surface area is 220 Å². The Balaban J connectivity index is 2.96. The van der Waals surface area contributed by atoms with E-state index in [1.165, 1.54) is 12.1 Å². The summed E-state index contributed by atoms with van der Waals surface area (Å²) >= 11 is 0. The minimum absolute atomic E-state index is 0.0504. The van der Waals surface area contributed by atoms with Crippen LogP contribution in [0.3, 0.4) is 0 Å². The van der Waals surface area contributed by atoms with Crippen molar-refractivity contribution in [1.82, 2.24) is 0 Å². The second-order valence-corrected chi connectivity index (χ2v) is 12.0. The number of hydrogen-bond donors (Lipinski definition) is 1. The van der Waals surface area contributed by atoms with Crippen molar-refractivity contribution in [2.24, 2.45) is 22.0 Å². The molecular formula is C28H43NO8. The predicted octanol–water partition coefficient (Wildman–Crippen LogP) is 4.37. The minimum atomic E-state index is -1.03. The highest BCUT2D eigenvalue weighted by Gasteiger charge is 2.30. The maximum Gasteiger partial charge on any atom is 0.323 e. The molecule has 2 N–H and O–H groups in total. The molecule has 0 aliphatic carbocycles. The van der Waals surface area contributed by atoms with Crippen LogP contribution in [0.1, 0.15) is 81.2 Å². The zero-order chi connectivity index (χ0) is 28.8. The van der Waals surface area contributed by atoms with Crippen LogP contribution in [0.4, 0.5) is 0 Å². The van der Waals surface area contributed by atoms with Gasteiger partial charge in [-0.25, -0.2) is 0 Å². The molecule has 0 saturated heterocycles. The van der Waals surface area contributed by atoms with Gasteiger partial charge in [-0.2, -0.15) is 0 Å². The molecule has 1 aromatic carbocycles. The third-order valence-corrected chi connectivity index (χ3v) is 5.60. The fraction of sp³-hybridized carbons (Fsp3) is 0.643. The van der Waals surface area contributed by atoms with Crippen LogP contribution in [0.2, 0.25) is 0 Å². The number of esters is 4. The molecule has 0 spiro atoms. The first kappa shape index (κ1) is 32.1. The van der Waals surface area contributed by atoms with Gasteiger partial charge in [0.15, 0.2) is 11.5 Å². The Hall–Kier alpha value is -2.94. The standard InChI is InChI=1S/C28H43NO8/c1-11-28(9,10)25(33)34-16-17(2)35-22(30)19(29)14-18-12-13-20(36-23(31)26(3,4)5)21(15-18)37-24(32)27(6,7)8/h12-13,15,17,19H,11,14,16,29H2,1-10H3/t17-,19-/m0/s1. The van der Waals surface area contributed by atoms with Gasteiger partial charge in [-0.3, -0.25) is 19.2 Å². The molecule has 1 aromatic rings. The maximum atomic E-state index is 12.5. The summed E-state index contributed by atoms with van der Waals surface area (Å²) < 4.78 is 21.6. The molecule has 0 aromatic heterocycles. The Morgan fingerprint density at radius 1 is 0.838 bits per heavy atom. The molecule has 0 amide bonds. The second-order valence-electron chi connectivity index (χ2n) is 12.0.